The molecule has 2 aliphatic heterocycles. The maximum Gasteiger partial charge on any atom is 0.260 e. The molecule has 2 saturated heterocycles. The van der Waals surface area contributed by atoms with Crippen LogP contribution in [0, 0.1) is 0 Å². The summed E-state index contributed by atoms with van der Waals surface area (Å²) in [7, 11) is 0. The zero-order valence-electron chi connectivity index (χ0n) is 18.9. The first-order chi connectivity index (χ1) is 14.9. The van der Waals surface area contributed by atoms with Gasteiger partial charge in [0.15, 0.2) is 6.61 Å². The molecular formula is C24H35N3O4. The van der Waals surface area contributed by atoms with Gasteiger partial charge in [-0.2, -0.15) is 0 Å². The average molecular weight is 430 g/mol. The summed E-state index contributed by atoms with van der Waals surface area (Å²) in [6.07, 6.45) is 5.44. The molecule has 1 N–H and O–H groups in total. The first kappa shape index (κ1) is 23.1. The van der Waals surface area contributed by atoms with Crippen molar-refractivity contribution in [2.45, 2.75) is 77.4 Å². The SMILES string of the molecule is CCC(=O)NC1CCCN(C(=O)c2ccc(OCC(=O)N3C(C)CCCC3C)cc2)C1. The maximum absolute atomic E-state index is 12.9. The molecule has 0 aliphatic carbocycles. The second kappa shape index (κ2) is 10.6. The van der Waals surface area contributed by atoms with Crippen molar-refractivity contribution in [2.75, 3.05) is 19.7 Å². The summed E-state index contributed by atoms with van der Waals surface area (Å²) in [6, 6.07) is 7.46. The Kier molecular flexibility index (Phi) is 7.93. The van der Waals surface area contributed by atoms with E-state index >= 15 is 0 Å². The van der Waals surface area contributed by atoms with Gasteiger partial charge in [0.2, 0.25) is 5.91 Å². The number of piperidine rings is 2. The van der Waals surface area contributed by atoms with Crippen LogP contribution in [0.2, 0.25) is 0 Å². The van der Waals surface area contributed by atoms with Crippen LogP contribution >= 0.6 is 0 Å². The van der Waals surface area contributed by atoms with E-state index in [0.717, 1.165) is 32.1 Å². The molecular weight excluding hydrogens is 394 g/mol. The van der Waals surface area contributed by atoms with Gasteiger partial charge in [-0.3, -0.25) is 14.4 Å². The summed E-state index contributed by atoms with van der Waals surface area (Å²) >= 11 is 0. The van der Waals surface area contributed by atoms with Gasteiger partial charge in [-0.25, -0.2) is 0 Å². The molecule has 3 atom stereocenters. The number of rotatable bonds is 6. The van der Waals surface area contributed by atoms with Crippen molar-refractivity contribution in [3.63, 3.8) is 0 Å². The summed E-state index contributed by atoms with van der Waals surface area (Å²) in [4.78, 5) is 40.9. The molecule has 3 rings (SSSR count). The van der Waals surface area contributed by atoms with Crippen LogP contribution < -0.4 is 10.1 Å². The van der Waals surface area contributed by atoms with Crippen LogP contribution in [0.25, 0.3) is 0 Å². The van der Waals surface area contributed by atoms with Gasteiger partial charge in [-0.05, 0) is 70.2 Å². The van der Waals surface area contributed by atoms with Crippen LogP contribution in [0.5, 0.6) is 5.75 Å². The normalized spacial score (nSPS) is 23.9. The highest BCUT2D eigenvalue weighted by molar-refractivity contribution is 5.94. The van der Waals surface area contributed by atoms with Crippen molar-refractivity contribution in [3.05, 3.63) is 29.8 Å². The fourth-order valence-electron chi connectivity index (χ4n) is 4.62. The van der Waals surface area contributed by atoms with Crippen LogP contribution in [0.4, 0.5) is 0 Å². The van der Waals surface area contributed by atoms with E-state index in [4.69, 9.17) is 4.74 Å². The highest BCUT2D eigenvalue weighted by atomic mass is 16.5. The monoisotopic (exact) mass is 429 g/mol. The smallest absolute Gasteiger partial charge is 0.260 e. The van der Waals surface area contributed by atoms with Crippen molar-refractivity contribution < 1.29 is 19.1 Å². The number of nitrogens with one attached hydrogen (secondary N) is 1. The highest BCUT2D eigenvalue weighted by Crippen LogP contribution is 2.23. The van der Waals surface area contributed by atoms with Gasteiger partial charge in [-0.15, -0.1) is 0 Å². The molecule has 0 bridgehead atoms. The van der Waals surface area contributed by atoms with Gasteiger partial charge in [0, 0.05) is 43.2 Å². The molecule has 2 aliphatic rings. The number of nitrogens with zero attached hydrogens (tertiary/aromatic N) is 2. The van der Waals surface area contributed by atoms with Gasteiger partial charge in [-0.1, -0.05) is 6.92 Å². The third-order valence-electron chi connectivity index (χ3n) is 6.34. The molecule has 1 aromatic carbocycles. The molecule has 31 heavy (non-hydrogen) atoms. The zero-order chi connectivity index (χ0) is 22.4. The minimum Gasteiger partial charge on any atom is -0.484 e. The lowest BCUT2D eigenvalue weighted by Crippen LogP contribution is -2.49. The Morgan fingerprint density at radius 1 is 1.03 bits per heavy atom. The molecule has 1 aromatic rings. The standard InChI is InChI=1S/C24H35N3O4/c1-4-22(28)25-20-9-6-14-26(15-20)24(30)19-10-12-21(13-11-19)31-16-23(29)27-17(2)7-5-8-18(27)3/h10-13,17-18,20H,4-9,14-16H2,1-3H3,(H,25,28). The molecule has 3 unspecified atom stereocenters. The zero-order valence-corrected chi connectivity index (χ0v) is 18.9. The first-order valence-corrected chi connectivity index (χ1v) is 11.5. The minimum absolute atomic E-state index is 0.00685. The Hall–Kier alpha value is -2.57. The molecule has 2 heterocycles. The van der Waals surface area contributed by atoms with Crippen molar-refractivity contribution >= 4 is 17.7 Å². The number of carbonyl (C=O) groups excluding carboxylic acids is 3. The van der Waals surface area contributed by atoms with Crippen LogP contribution in [-0.2, 0) is 9.59 Å². The Morgan fingerprint density at radius 2 is 1.71 bits per heavy atom. The lowest BCUT2D eigenvalue weighted by molar-refractivity contribution is -0.139. The maximum atomic E-state index is 12.9. The Morgan fingerprint density at radius 3 is 2.35 bits per heavy atom. The van der Waals surface area contributed by atoms with Crippen LogP contribution in [0.15, 0.2) is 24.3 Å². The predicted octanol–water partition coefficient (Wildman–Crippen LogP) is 2.99. The molecule has 7 heteroatoms. The molecule has 2 fully saturated rings. The number of hydrogen-bond acceptors (Lipinski definition) is 4. The van der Waals surface area contributed by atoms with Gasteiger partial charge in [0.1, 0.15) is 5.75 Å². The summed E-state index contributed by atoms with van der Waals surface area (Å²) in [5.41, 5.74) is 0.583. The van der Waals surface area contributed by atoms with Crippen LogP contribution in [0.3, 0.4) is 0 Å². The topological polar surface area (TPSA) is 79.0 Å². The fourth-order valence-corrected chi connectivity index (χ4v) is 4.62. The predicted molar refractivity (Wildman–Crippen MR) is 119 cm³/mol. The Bertz CT molecular complexity index is 770. The summed E-state index contributed by atoms with van der Waals surface area (Å²) < 4.78 is 5.71. The second-order valence-electron chi connectivity index (χ2n) is 8.75. The molecule has 0 saturated carbocycles. The molecule has 0 radical (unpaired) electrons. The number of benzene rings is 1. The van der Waals surface area contributed by atoms with E-state index < -0.39 is 0 Å². The van der Waals surface area contributed by atoms with Crippen LogP contribution in [-0.4, -0.2) is 65.3 Å². The van der Waals surface area contributed by atoms with E-state index in [1.165, 1.54) is 0 Å². The second-order valence-corrected chi connectivity index (χ2v) is 8.75. The summed E-state index contributed by atoms with van der Waals surface area (Å²) in [6.45, 7) is 7.23. The van der Waals surface area contributed by atoms with E-state index in [0.29, 0.717) is 30.8 Å². The Labute approximate surface area is 185 Å². The Balaban J connectivity index is 1.53. The fraction of sp³-hybridized carbons (Fsp3) is 0.625. The largest absolute Gasteiger partial charge is 0.484 e. The molecule has 7 nitrogen and oxygen atoms in total. The molecule has 170 valence electrons. The first-order valence-electron chi connectivity index (χ1n) is 11.5. The van der Waals surface area contributed by atoms with E-state index in [-0.39, 0.29) is 42.5 Å². The minimum atomic E-state index is -0.0472. The third kappa shape index (κ3) is 5.99. The van der Waals surface area contributed by atoms with Gasteiger partial charge >= 0.3 is 0 Å². The quantitative estimate of drug-likeness (QED) is 0.754. The average Bonchev–Trinajstić information content (AvgIpc) is 2.77. The molecule has 3 amide bonds. The van der Waals surface area contributed by atoms with Crippen molar-refractivity contribution in [1.82, 2.24) is 15.1 Å². The van der Waals surface area contributed by atoms with E-state index in [1.807, 2.05) is 11.8 Å². The van der Waals surface area contributed by atoms with Crippen LogP contribution in [0.1, 0.15) is 69.7 Å². The number of carbonyl (C=O) groups is 3. The lowest BCUT2D eigenvalue weighted by atomic mass is 9.97. The van der Waals surface area contributed by atoms with Crippen molar-refractivity contribution in [1.29, 1.82) is 0 Å². The van der Waals surface area contributed by atoms with E-state index in [2.05, 4.69) is 19.2 Å². The molecule has 0 spiro atoms. The van der Waals surface area contributed by atoms with Gasteiger partial charge < -0.3 is 19.9 Å². The van der Waals surface area contributed by atoms with E-state index in [9.17, 15) is 14.4 Å². The third-order valence-corrected chi connectivity index (χ3v) is 6.34. The molecule has 0 aromatic heterocycles. The summed E-state index contributed by atoms with van der Waals surface area (Å²) in [5, 5.41) is 2.99. The lowest BCUT2D eigenvalue weighted by Gasteiger charge is -2.38. The van der Waals surface area contributed by atoms with Gasteiger partial charge in [0.05, 0.1) is 0 Å². The van der Waals surface area contributed by atoms with Crippen molar-refractivity contribution in [3.8, 4) is 5.75 Å². The van der Waals surface area contributed by atoms with Gasteiger partial charge in [0.25, 0.3) is 11.8 Å². The van der Waals surface area contributed by atoms with E-state index in [1.54, 1.807) is 29.2 Å². The number of amides is 3. The number of hydrogen-bond donors (Lipinski definition) is 1. The highest BCUT2D eigenvalue weighted by Gasteiger charge is 2.29. The number of ether oxygens (including phenoxy) is 1. The van der Waals surface area contributed by atoms with Crippen molar-refractivity contribution in [2.24, 2.45) is 0 Å². The number of likely N-dealkylation sites (tertiary alicyclic amines) is 2. The summed E-state index contributed by atoms with van der Waals surface area (Å²) in [5.74, 6) is 0.556.